The van der Waals surface area contributed by atoms with E-state index in [2.05, 4.69) is 5.32 Å². The first-order valence-corrected chi connectivity index (χ1v) is 16.8. The van der Waals surface area contributed by atoms with Gasteiger partial charge in [0.25, 0.3) is 0 Å². The molecule has 9 heteroatoms. The molecule has 3 aromatic carbocycles. The number of hydrogen-bond donors (Lipinski definition) is 1. The van der Waals surface area contributed by atoms with E-state index >= 15 is 0 Å². The molecule has 1 aliphatic carbocycles. The van der Waals surface area contributed by atoms with Gasteiger partial charge in [-0.25, -0.2) is 8.42 Å². The minimum atomic E-state index is -3.61. The third-order valence-corrected chi connectivity index (χ3v) is 9.26. The molecular weight excluding hydrogens is 562 g/mol. The number of hydrogen-bond acceptors (Lipinski definition) is 5. The Morgan fingerprint density at radius 1 is 0.977 bits per heavy atom. The maximum absolute atomic E-state index is 14.1. The molecule has 0 bridgehead atoms. The summed E-state index contributed by atoms with van der Waals surface area (Å²) in [7, 11) is -2.08. The van der Waals surface area contributed by atoms with Gasteiger partial charge in [-0.1, -0.05) is 73.5 Å². The average Bonchev–Trinajstić information content (AvgIpc) is 3.50. The fraction of sp³-hybridized carbons (Fsp3) is 0.412. The van der Waals surface area contributed by atoms with E-state index in [4.69, 9.17) is 4.74 Å². The van der Waals surface area contributed by atoms with Crippen LogP contribution in [0.15, 0.2) is 78.9 Å². The van der Waals surface area contributed by atoms with Crippen molar-refractivity contribution in [2.75, 3.05) is 24.2 Å². The number of sulfonamides is 1. The standard InChI is InChI=1S/C34H43N3O5S/c1-26-13-7-8-16-28(26)25-36(32(23-27-14-5-4-6-15-27)34(39)35-29-17-9-10-18-29)33(38)21-12-22-37(43(3,40)41)30-19-11-20-31(24-30)42-2/h4-8,11,13-16,19-20,24,29,32H,9-10,12,17-18,21-23,25H2,1-3H3,(H,35,39)/t32-/m1/s1. The van der Waals surface area contributed by atoms with Crippen molar-refractivity contribution in [1.29, 1.82) is 0 Å². The van der Waals surface area contributed by atoms with Crippen molar-refractivity contribution in [2.45, 2.75) is 70.5 Å². The third kappa shape index (κ3) is 9.07. The minimum absolute atomic E-state index is 0.0872. The Morgan fingerprint density at radius 2 is 1.67 bits per heavy atom. The average molecular weight is 606 g/mol. The van der Waals surface area contributed by atoms with Gasteiger partial charge in [0.05, 0.1) is 19.1 Å². The number of aryl methyl sites for hydroxylation is 1. The second kappa shape index (κ2) is 15.0. The monoisotopic (exact) mass is 605 g/mol. The van der Waals surface area contributed by atoms with Gasteiger partial charge in [0.15, 0.2) is 0 Å². The van der Waals surface area contributed by atoms with Crippen LogP contribution in [-0.2, 0) is 32.6 Å². The Balaban J connectivity index is 1.59. The van der Waals surface area contributed by atoms with Crippen molar-refractivity contribution in [1.82, 2.24) is 10.2 Å². The van der Waals surface area contributed by atoms with E-state index in [0.717, 1.165) is 48.6 Å². The zero-order valence-corrected chi connectivity index (χ0v) is 26.2. The molecule has 4 rings (SSSR count). The second-order valence-corrected chi connectivity index (χ2v) is 13.2. The normalized spacial score (nSPS) is 14.2. The quantitative estimate of drug-likeness (QED) is 0.271. The lowest BCUT2D eigenvalue weighted by Gasteiger charge is -2.33. The number of nitrogens with zero attached hydrogens (tertiary/aromatic N) is 2. The van der Waals surface area contributed by atoms with E-state index in [0.29, 0.717) is 17.9 Å². The van der Waals surface area contributed by atoms with Crippen molar-refractivity contribution in [3.63, 3.8) is 0 Å². The van der Waals surface area contributed by atoms with E-state index in [-0.39, 0.29) is 43.8 Å². The topological polar surface area (TPSA) is 96.0 Å². The number of anilines is 1. The zero-order chi connectivity index (χ0) is 30.8. The fourth-order valence-electron chi connectivity index (χ4n) is 5.66. The molecule has 1 aliphatic rings. The molecule has 1 saturated carbocycles. The summed E-state index contributed by atoms with van der Waals surface area (Å²) in [5, 5.41) is 3.23. The molecule has 1 fully saturated rings. The van der Waals surface area contributed by atoms with Gasteiger partial charge < -0.3 is 15.0 Å². The summed E-state index contributed by atoms with van der Waals surface area (Å²) in [4.78, 5) is 29.6. The summed E-state index contributed by atoms with van der Waals surface area (Å²) in [6.07, 6.45) is 5.98. The van der Waals surface area contributed by atoms with Crippen LogP contribution in [0.3, 0.4) is 0 Å². The van der Waals surface area contributed by atoms with Crippen LogP contribution in [0.1, 0.15) is 55.2 Å². The number of carbonyl (C=O) groups is 2. The number of nitrogens with one attached hydrogen (secondary N) is 1. The van der Waals surface area contributed by atoms with Crippen LogP contribution in [0.4, 0.5) is 5.69 Å². The van der Waals surface area contributed by atoms with Crippen LogP contribution < -0.4 is 14.4 Å². The highest BCUT2D eigenvalue weighted by molar-refractivity contribution is 7.92. The van der Waals surface area contributed by atoms with Crippen LogP contribution in [-0.4, -0.2) is 57.1 Å². The maximum atomic E-state index is 14.1. The van der Waals surface area contributed by atoms with Crippen LogP contribution in [0.5, 0.6) is 5.75 Å². The van der Waals surface area contributed by atoms with Crippen molar-refractivity contribution in [3.05, 3.63) is 95.6 Å². The predicted octanol–water partition coefficient (Wildman–Crippen LogP) is 5.25. The first kappa shape index (κ1) is 32.1. The molecule has 1 N–H and O–H groups in total. The predicted molar refractivity (Wildman–Crippen MR) is 170 cm³/mol. The van der Waals surface area contributed by atoms with E-state index < -0.39 is 16.1 Å². The number of amides is 2. The van der Waals surface area contributed by atoms with Gasteiger partial charge in [0.2, 0.25) is 21.8 Å². The summed E-state index contributed by atoms with van der Waals surface area (Å²) in [5.74, 6) is 0.209. The summed E-state index contributed by atoms with van der Waals surface area (Å²) in [5.41, 5.74) is 3.45. The van der Waals surface area contributed by atoms with Crippen molar-refractivity contribution < 1.29 is 22.7 Å². The molecule has 8 nitrogen and oxygen atoms in total. The van der Waals surface area contributed by atoms with Crippen molar-refractivity contribution in [3.8, 4) is 5.75 Å². The number of methoxy groups -OCH3 is 1. The molecule has 0 heterocycles. The van der Waals surface area contributed by atoms with Gasteiger partial charge in [0, 0.05) is 38.0 Å². The highest BCUT2D eigenvalue weighted by atomic mass is 32.2. The Hall–Kier alpha value is -3.85. The van der Waals surface area contributed by atoms with E-state index in [1.807, 2.05) is 61.5 Å². The molecule has 1 atom stereocenters. The van der Waals surface area contributed by atoms with E-state index in [1.54, 1.807) is 29.2 Å². The van der Waals surface area contributed by atoms with Gasteiger partial charge in [-0.05, 0) is 55.0 Å². The van der Waals surface area contributed by atoms with Crippen LogP contribution in [0.25, 0.3) is 0 Å². The molecule has 43 heavy (non-hydrogen) atoms. The van der Waals surface area contributed by atoms with Gasteiger partial charge in [-0.3, -0.25) is 13.9 Å². The first-order chi connectivity index (χ1) is 20.7. The summed E-state index contributed by atoms with van der Waals surface area (Å²) in [6, 6.07) is 23.9. The molecule has 2 amide bonds. The first-order valence-electron chi connectivity index (χ1n) is 15.0. The molecule has 0 spiro atoms. The van der Waals surface area contributed by atoms with Gasteiger partial charge in [-0.2, -0.15) is 0 Å². The van der Waals surface area contributed by atoms with Gasteiger partial charge >= 0.3 is 0 Å². The number of ether oxygens (including phenoxy) is 1. The molecule has 0 unspecified atom stereocenters. The van der Waals surface area contributed by atoms with Crippen LogP contribution in [0.2, 0.25) is 0 Å². The second-order valence-electron chi connectivity index (χ2n) is 11.3. The minimum Gasteiger partial charge on any atom is -0.497 e. The Labute approximate surface area is 256 Å². The molecule has 0 radical (unpaired) electrons. The summed E-state index contributed by atoms with van der Waals surface area (Å²) >= 11 is 0. The lowest BCUT2D eigenvalue weighted by atomic mass is 10.0. The Bertz CT molecular complexity index is 1470. The van der Waals surface area contributed by atoms with E-state index in [9.17, 15) is 18.0 Å². The van der Waals surface area contributed by atoms with Crippen molar-refractivity contribution >= 4 is 27.5 Å². The smallest absolute Gasteiger partial charge is 0.243 e. The zero-order valence-electron chi connectivity index (χ0n) is 25.4. The van der Waals surface area contributed by atoms with E-state index in [1.165, 1.54) is 11.4 Å². The summed E-state index contributed by atoms with van der Waals surface area (Å²) in [6.45, 7) is 2.40. The summed E-state index contributed by atoms with van der Waals surface area (Å²) < 4.78 is 32.0. The molecule has 0 saturated heterocycles. The highest BCUT2D eigenvalue weighted by Crippen LogP contribution is 2.25. The number of rotatable bonds is 14. The molecule has 0 aliphatic heterocycles. The van der Waals surface area contributed by atoms with Crippen LogP contribution >= 0.6 is 0 Å². The number of carbonyl (C=O) groups excluding carboxylic acids is 2. The van der Waals surface area contributed by atoms with Gasteiger partial charge in [-0.15, -0.1) is 0 Å². The Morgan fingerprint density at radius 3 is 2.35 bits per heavy atom. The third-order valence-electron chi connectivity index (χ3n) is 8.07. The number of benzene rings is 3. The molecular formula is C34H43N3O5S. The molecule has 3 aromatic rings. The molecule has 230 valence electrons. The van der Waals surface area contributed by atoms with Crippen molar-refractivity contribution in [2.24, 2.45) is 0 Å². The fourth-order valence-corrected chi connectivity index (χ4v) is 6.62. The molecule has 0 aromatic heterocycles. The van der Waals surface area contributed by atoms with Crippen LogP contribution in [0, 0.1) is 6.92 Å². The largest absolute Gasteiger partial charge is 0.497 e. The van der Waals surface area contributed by atoms with Gasteiger partial charge in [0.1, 0.15) is 11.8 Å². The maximum Gasteiger partial charge on any atom is 0.243 e. The Kier molecular flexibility index (Phi) is 11.2. The highest BCUT2D eigenvalue weighted by Gasteiger charge is 2.32. The lowest BCUT2D eigenvalue weighted by molar-refractivity contribution is -0.141. The SMILES string of the molecule is COc1cccc(N(CCCC(=O)N(Cc2ccccc2C)[C@H](Cc2ccccc2)C(=O)NC2CCCC2)S(C)(=O)=O)c1. The lowest BCUT2D eigenvalue weighted by Crippen LogP contribution is -2.52.